The number of benzene rings is 1. The third kappa shape index (κ3) is 3.85. The summed E-state index contributed by atoms with van der Waals surface area (Å²) in [6.07, 6.45) is 4.69. The number of amides is 1. The molecule has 1 aromatic carbocycles. The SMILES string of the molecule is Cc1ncc(C(=O)NC2CC2)c([C@H]2CCCN2S(=O)(=O)c2ccc3c(c2)OCCO3)n1. The second-order valence-electron chi connectivity index (χ2n) is 8.04. The molecule has 2 aliphatic heterocycles. The Hall–Kier alpha value is -2.72. The molecule has 164 valence electrons. The zero-order chi connectivity index (χ0) is 21.6. The Balaban J connectivity index is 1.50. The lowest BCUT2D eigenvalue weighted by Gasteiger charge is -2.26. The second kappa shape index (κ2) is 7.76. The number of fused-ring (bicyclic) bond motifs is 1. The largest absolute Gasteiger partial charge is 0.486 e. The molecule has 3 aliphatic rings. The van der Waals surface area contributed by atoms with Crippen molar-refractivity contribution in [2.24, 2.45) is 0 Å². The van der Waals surface area contributed by atoms with Gasteiger partial charge in [-0.1, -0.05) is 0 Å². The van der Waals surface area contributed by atoms with Crippen molar-refractivity contribution in [2.45, 2.75) is 49.6 Å². The van der Waals surface area contributed by atoms with Crippen molar-refractivity contribution in [1.29, 1.82) is 0 Å². The Labute approximate surface area is 180 Å². The van der Waals surface area contributed by atoms with Crippen LogP contribution in [0, 0.1) is 6.92 Å². The first-order chi connectivity index (χ1) is 14.9. The highest BCUT2D eigenvalue weighted by atomic mass is 32.2. The van der Waals surface area contributed by atoms with Crippen molar-refractivity contribution in [1.82, 2.24) is 19.6 Å². The van der Waals surface area contributed by atoms with Crippen LogP contribution in [0.25, 0.3) is 0 Å². The van der Waals surface area contributed by atoms with Crippen molar-refractivity contribution in [3.05, 3.63) is 41.5 Å². The maximum absolute atomic E-state index is 13.5. The molecule has 1 saturated carbocycles. The minimum absolute atomic E-state index is 0.137. The molecule has 1 saturated heterocycles. The van der Waals surface area contributed by atoms with Gasteiger partial charge in [-0.3, -0.25) is 4.79 Å². The van der Waals surface area contributed by atoms with Gasteiger partial charge in [0, 0.05) is 24.8 Å². The maximum Gasteiger partial charge on any atom is 0.254 e. The molecule has 10 heteroatoms. The number of hydrogen-bond donors (Lipinski definition) is 1. The fraction of sp³-hybridized carbons (Fsp3) is 0.476. The van der Waals surface area contributed by atoms with E-state index in [0.29, 0.717) is 61.2 Å². The monoisotopic (exact) mass is 444 g/mol. The van der Waals surface area contributed by atoms with Gasteiger partial charge >= 0.3 is 0 Å². The first-order valence-electron chi connectivity index (χ1n) is 10.5. The number of rotatable bonds is 5. The fourth-order valence-electron chi connectivity index (χ4n) is 4.03. The van der Waals surface area contributed by atoms with E-state index in [0.717, 1.165) is 12.8 Å². The zero-order valence-corrected chi connectivity index (χ0v) is 18.0. The number of carbonyl (C=O) groups excluding carboxylic acids is 1. The van der Waals surface area contributed by atoms with E-state index in [1.807, 2.05) is 0 Å². The quantitative estimate of drug-likeness (QED) is 0.751. The summed E-state index contributed by atoms with van der Waals surface area (Å²) in [6.45, 7) is 2.91. The minimum Gasteiger partial charge on any atom is -0.486 e. The third-order valence-corrected chi connectivity index (χ3v) is 7.64. The first-order valence-corrected chi connectivity index (χ1v) is 11.9. The summed E-state index contributed by atoms with van der Waals surface area (Å²) < 4.78 is 39.6. The molecule has 0 radical (unpaired) electrons. The highest BCUT2D eigenvalue weighted by Crippen LogP contribution is 2.39. The Morgan fingerprint density at radius 3 is 2.71 bits per heavy atom. The Morgan fingerprint density at radius 2 is 1.94 bits per heavy atom. The van der Waals surface area contributed by atoms with Gasteiger partial charge in [0.05, 0.1) is 22.2 Å². The molecular formula is C21H24N4O5S. The molecule has 1 amide bonds. The maximum atomic E-state index is 13.5. The number of aromatic nitrogens is 2. The summed E-state index contributed by atoms with van der Waals surface area (Å²) in [5.74, 6) is 1.21. The van der Waals surface area contributed by atoms with Gasteiger partial charge in [0.2, 0.25) is 10.0 Å². The van der Waals surface area contributed by atoms with E-state index >= 15 is 0 Å². The molecule has 1 aliphatic carbocycles. The van der Waals surface area contributed by atoms with Crippen LogP contribution in [0.1, 0.15) is 53.6 Å². The van der Waals surface area contributed by atoms with Crippen molar-refractivity contribution in [3.8, 4) is 11.5 Å². The topological polar surface area (TPSA) is 111 Å². The van der Waals surface area contributed by atoms with Crippen molar-refractivity contribution < 1.29 is 22.7 Å². The van der Waals surface area contributed by atoms with E-state index in [-0.39, 0.29) is 16.8 Å². The molecule has 0 spiro atoms. The number of nitrogens with zero attached hydrogens (tertiary/aromatic N) is 3. The highest BCUT2D eigenvalue weighted by Gasteiger charge is 2.40. The predicted octanol–water partition coefficient (Wildman–Crippen LogP) is 1.97. The van der Waals surface area contributed by atoms with Crippen LogP contribution in [-0.4, -0.2) is 54.4 Å². The van der Waals surface area contributed by atoms with Crippen LogP contribution in [-0.2, 0) is 10.0 Å². The van der Waals surface area contributed by atoms with Gasteiger partial charge in [0.25, 0.3) is 5.91 Å². The molecule has 1 N–H and O–H groups in total. The summed E-state index contributed by atoms with van der Waals surface area (Å²) in [4.78, 5) is 21.6. The lowest BCUT2D eigenvalue weighted by atomic mass is 10.1. The number of aryl methyl sites for hydroxylation is 1. The zero-order valence-electron chi connectivity index (χ0n) is 17.2. The van der Waals surface area contributed by atoms with Crippen molar-refractivity contribution >= 4 is 15.9 Å². The number of hydrogen-bond acceptors (Lipinski definition) is 7. The van der Waals surface area contributed by atoms with Crippen LogP contribution in [0.3, 0.4) is 0 Å². The smallest absolute Gasteiger partial charge is 0.254 e. The summed E-state index contributed by atoms with van der Waals surface area (Å²) >= 11 is 0. The predicted molar refractivity (Wildman–Crippen MR) is 111 cm³/mol. The van der Waals surface area contributed by atoms with E-state index in [1.54, 1.807) is 13.0 Å². The lowest BCUT2D eigenvalue weighted by molar-refractivity contribution is 0.0947. The average Bonchev–Trinajstić information content (AvgIpc) is 3.43. The van der Waals surface area contributed by atoms with Gasteiger partial charge in [-0.05, 0) is 44.7 Å². The normalized spacial score (nSPS) is 21.1. The van der Waals surface area contributed by atoms with Gasteiger partial charge in [-0.15, -0.1) is 0 Å². The highest BCUT2D eigenvalue weighted by molar-refractivity contribution is 7.89. The third-order valence-electron chi connectivity index (χ3n) is 5.74. The van der Waals surface area contributed by atoms with Crippen molar-refractivity contribution in [3.63, 3.8) is 0 Å². The van der Waals surface area contributed by atoms with E-state index < -0.39 is 16.1 Å². The Kier molecular flexibility index (Phi) is 5.05. The summed E-state index contributed by atoms with van der Waals surface area (Å²) in [5, 5.41) is 2.96. The molecule has 31 heavy (non-hydrogen) atoms. The fourth-order valence-corrected chi connectivity index (χ4v) is 5.70. The van der Waals surface area contributed by atoms with E-state index in [9.17, 15) is 13.2 Å². The minimum atomic E-state index is -3.83. The van der Waals surface area contributed by atoms with Crippen LogP contribution in [0.5, 0.6) is 11.5 Å². The van der Waals surface area contributed by atoms with Crippen LogP contribution in [0.15, 0.2) is 29.3 Å². The van der Waals surface area contributed by atoms with E-state index in [4.69, 9.17) is 9.47 Å². The van der Waals surface area contributed by atoms with Crippen LogP contribution in [0.2, 0.25) is 0 Å². The molecule has 9 nitrogen and oxygen atoms in total. The van der Waals surface area contributed by atoms with Gasteiger partial charge in [-0.2, -0.15) is 4.31 Å². The molecule has 3 heterocycles. The summed E-state index contributed by atoms with van der Waals surface area (Å²) in [6, 6.07) is 4.31. The second-order valence-corrected chi connectivity index (χ2v) is 9.93. The van der Waals surface area contributed by atoms with Gasteiger partial charge in [0.1, 0.15) is 19.0 Å². The first kappa shape index (κ1) is 20.2. The molecule has 1 aromatic heterocycles. The van der Waals surface area contributed by atoms with Crippen molar-refractivity contribution in [2.75, 3.05) is 19.8 Å². The molecule has 0 bridgehead atoms. The summed E-state index contributed by atoms with van der Waals surface area (Å²) in [7, 11) is -3.83. The lowest BCUT2D eigenvalue weighted by Crippen LogP contribution is -2.34. The van der Waals surface area contributed by atoms with E-state index in [2.05, 4.69) is 15.3 Å². The molecule has 5 rings (SSSR count). The Bertz CT molecular complexity index is 1130. The Morgan fingerprint density at radius 1 is 1.16 bits per heavy atom. The summed E-state index contributed by atoms with van der Waals surface area (Å²) in [5.41, 5.74) is 0.802. The molecular weight excluding hydrogens is 420 g/mol. The number of nitrogens with one attached hydrogen (secondary N) is 1. The van der Waals surface area contributed by atoms with Gasteiger partial charge in [0.15, 0.2) is 11.5 Å². The number of carbonyl (C=O) groups is 1. The van der Waals surface area contributed by atoms with Crippen LogP contribution in [0.4, 0.5) is 0 Å². The number of sulfonamides is 1. The molecule has 0 unspecified atom stereocenters. The average molecular weight is 445 g/mol. The number of ether oxygens (including phenoxy) is 2. The van der Waals surface area contributed by atoms with Gasteiger partial charge < -0.3 is 14.8 Å². The van der Waals surface area contributed by atoms with Gasteiger partial charge in [-0.25, -0.2) is 18.4 Å². The molecule has 2 fully saturated rings. The standard InChI is InChI=1S/C21H24N4O5S/c1-13-22-12-16(21(26)24-14-4-5-14)20(23-13)17-3-2-8-25(17)31(27,28)15-6-7-18-19(11-15)30-10-9-29-18/h6-7,11-12,14,17H,2-5,8-10H2,1H3,(H,24,26)/t17-/m1/s1. The molecule has 1 atom stereocenters. The van der Waals surface area contributed by atoms with Crippen LogP contribution >= 0.6 is 0 Å². The molecule has 2 aromatic rings. The van der Waals surface area contributed by atoms with E-state index in [1.165, 1.54) is 22.6 Å². The van der Waals surface area contributed by atoms with Crippen LogP contribution < -0.4 is 14.8 Å².